The van der Waals surface area contributed by atoms with Gasteiger partial charge in [0.1, 0.15) is 5.69 Å². The first-order valence-corrected chi connectivity index (χ1v) is 12.6. The number of aromatic nitrogens is 2. The summed E-state index contributed by atoms with van der Waals surface area (Å²) in [6, 6.07) is 11.5. The summed E-state index contributed by atoms with van der Waals surface area (Å²) in [4.78, 5) is 14.5. The molecule has 0 amide bonds. The monoisotopic (exact) mass is 441 g/mol. The largest absolute Gasteiger partial charge is 0.477 e. The van der Waals surface area contributed by atoms with Crippen LogP contribution in [0.5, 0.6) is 0 Å². The van der Waals surface area contributed by atoms with E-state index in [1.165, 1.54) is 38.5 Å². The second kappa shape index (κ2) is 14.1. The Morgan fingerprint density at radius 2 is 1.53 bits per heavy atom. The number of nitrogens with zero attached hydrogens (tertiary/aromatic N) is 3. The van der Waals surface area contributed by atoms with Crippen molar-refractivity contribution >= 4 is 5.97 Å². The highest BCUT2D eigenvalue weighted by Crippen LogP contribution is 2.22. The van der Waals surface area contributed by atoms with Crippen LogP contribution in [0.3, 0.4) is 0 Å². The molecule has 2 atom stereocenters. The zero-order chi connectivity index (χ0) is 23.3. The molecule has 0 saturated carbocycles. The average Bonchev–Trinajstić information content (AvgIpc) is 3.23. The van der Waals surface area contributed by atoms with E-state index in [1.54, 1.807) is 10.7 Å². The van der Waals surface area contributed by atoms with E-state index < -0.39 is 5.97 Å². The van der Waals surface area contributed by atoms with Gasteiger partial charge >= 0.3 is 5.97 Å². The number of hydrogen-bond donors (Lipinski definition) is 1. The zero-order valence-electron chi connectivity index (χ0n) is 20.6. The van der Waals surface area contributed by atoms with Gasteiger partial charge in [-0.25, -0.2) is 9.48 Å². The van der Waals surface area contributed by atoms with E-state index in [-0.39, 0.29) is 5.69 Å². The first-order valence-electron chi connectivity index (χ1n) is 12.6. The third-order valence-corrected chi connectivity index (χ3v) is 6.52. The molecule has 2 unspecified atom stereocenters. The van der Waals surface area contributed by atoms with Crippen molar-refractivity contribution in [3.63, 3.8) is 0 Å². The van der Waals surface area contributed by atoms with E-state index in [4.69, 9.17) is 5.10 Å². The van der Waals surface area contributed by atoms with Crippen molar-refractivity contribution in [2.45, 2.75) is 85.7 Å². The highest BCUT2D eigenvalue weighted by Gasteiger charge is 2.21. The molecule has 0 aliphatic rings. The van der Waals surface area contributed by atoms with Gasteiger partial charge in [-0.3, -0.25) is 4.90 Å². The van der Waals surface area contributed by atoms with Crippen LogP contribution in [0.4, 0.5) is 0 Å². The number of carboxylic acid groups (broad SMARTS) is 1. The van der Waals surface area contributed by atoms with Gasteiger partial charge in [0.15, 0.2) is 0 Å². The molecule has 1 aromatic heterocycles. The summed E-state index contributed by atoms with van der Waals surface area (Å²) in [6.45, 7) is 11.6. The fraction of sp³-hybridized carbons (Fsp3) is 0.630. The van der Waals surface area contributed by atoms with Crippen molar-refractivity contribution in [3.8, 4) is 11.3 Å². The van der Waals surface area contributed by atoms with Gasteiger partial charge in [0, 0.05) is 18.7 Å². The fourth-order valence-electron chi connectivity index (χ4n) is 4.39. The summed E-state index contributed by atoms with van der Waals surface area (Å²) in [5, 5.41) is 14.6. The Hall–Kier alpha value is -2.14. The zero-order valence-corrected chi connectivity index (χ0v) is 20.6. The van der Waals surface area contributed by atoms with Crippen LogP contribution in [-0.2, 0) is 6.67 Å². The molecule has 0 bridgehead atoms. The maximum Gasteiger partial charge on any atom is 0.354 e. The van der Waals surface area contributed by atoms with E-state index >= 15 is 0 Å². The van der Waals surface area contributed by atoms with Crippen LogP contribution >= 0.6 is 0 Å². The number of carboxylic acids is 1. The number of unbranched alkanes of at least 4 members (excludes halogenated alkanes) is 2. The van der Waals surface area contributed by atoms with E-state index in [0.29, 0.717) is 18.5 Å². The predicted octanol–water partition coefficient (Wildman–Crippen LogP) is 6.94. The SMILES string of the molecule is CCCCC(CC)CN(CC(CC)CCCC)Cn1nc(-c2ccccc2)cc1C(=O)O. The van der Waals surface area contributed by atoms with Crippen LogP contribution in [0.1, 0.15) is 89.5 Å². The van der Waals surface area contributed by atoms with Crippen molar-refractivity contribution in [2.75, 3.05) is 13.1 Å². The Labute approximate surface area is 194 Å². The van der Waals surface area contributed by atoms with Crippen LogP contribution < -0.4 is 0 Å². The lowest BCUT2D eigenvalue weighted by molar-refractivity contribution is 0.0669. The van der Waals surface area contributed by atoms with Crippen molar-refractivity contribution in [1.82, 2.24) is 14.7 Å². The molecule has 0 radical (unpaired) electrons. The van der Waals surface area contributed by atoms with Crippen molar-refractivity contribution < 1.29 is 9.90 Å². The average molecular weight is 442 g/mol. The molecule has 0 saturated heterocycles. The van der Waals surface area contributed by atoms with Crippen molar-refractivity contribution in [1.29, 1.82) is 0 Å². The van der Waals surface area contributed by atoms with E-state index in [0.717, 1.165) is 37.2 Å². The molecule has 0 fully saturated rings. The summed E-state index contributed by atoms with van der Waals surface area (Å²) in [5.74, 6) is 0.350. The molecular formula is C27H43N3O2. The lowest BCUT2D eigenvalue weighted by Crippen LogP contribution is -2.36. The first kappa shape index (κ1) is 26.1. The van der Waals surface area contributed by atoms with E-state index in [1.807, 2.05) is 30.3 Å². The second-order valence-corrected chi connectivity index (χ2v) is 9.10. The first-order chi connectivity index (χ1) is 15.5. The third-order valence-electron chi connectivity index (χ3n) is 6.52. The fourth-order valence-corrected chi connectivity index (χ4v) is 4.39. The predicted molar refractivity (Wildman–Crippen MR) is 133 cm³/mol. The van der Waals surface area contributed by atoms with E-state index in [2.05, 4.69) is 32.6 Å². The summed E-state index contributed by atoms with van der Waals surface area (Å²) < 4.78 is 1.70. The smallest absolute Gasteiger partial charge is 0.354 e. The summed E-state index contributed by atoms with van der Waals surface area (Å²) in [5.41, 5.74) is 1.93. The van der Waals surface area contributed by atoms with Crippen LogP contribution in [0.15, 0.2) is 36.4 Å². The highest BCUT2D eigenvalue weighted by atomic mass is 16.4. The topological polar surface area (TPSA) is 58.4 Å². The van der Waals surface area contributed by atoms with E-state index in [9.17, 15) is 9.90 Å². The van der Waals surface area contributed by atoms with Gasteiger partial charge in [-0.15, -0.1) is 0 Å². The molecular weight excluding hydrogens is 398 g/mol. The molecule has 0 spiro atoms. The van der Waals surface area contributed by atoms with Gasteiger partial charge in [0.05, 0.1) is 12.4 Å². The molecule has 32 heavy (non-hydrogen) atoms. The standard InChI is InChI=1S/C27H43N3O2/c1-5-9-14-22(7-3)19-29(20-23(8-4)15-10-6-2)21-30-26(27(31)32)18-25(28-30)24-16-12-11-13-17-24/h11-13,16-18,22-23H,5-10,14-15,19-21H2,1-4H3,(H,31,32). The number of aromatic carboxylic acids is 1. The Bertz CT molecular complexity index is 769. The molecule has 1 heterocycles. The molecule has 0 aliphatic carbocycles. The Morgan fingerprint density at radius 3 is 2.00 bits per heavy atom. The molecule has 178 valence electrons. The lowest BCUT2D eigenvalue weighted by atomic mass is 9.96. The minimum atomic E-state index is -0.921. The van der Waals surface area contributed by atoms with Crippen LogP contribution in [0.25, 0.3) is 11.3 Å². The van der Waals surface area contributed by atoms with Gasteiger partial charge in [0.2, 0.25) is 0 Å². The summed E-state index contributed by atoms with van der Waals surface area (Å²) >= 11 is 0. The summed E-state index contributed by atoms with van der Waals surface area (Å²) in [6.07, 6.45) is 9.70. The maximum atomic E-state index is 12.0. The van der Waals surface area contributed by atoms with Gasteiger partial charge in [0.25, 0.3) is 0 Å². The van der Waals surface area contributed by atoms with Crippen LogP contribution in [0.2, 0.25) is 0 Å². The molecule has 5 heteroatoms. The van der Waals surface area contributed by atoms with Crippen LogP contribution in [-0.4, -0.2) is 38.8 Å². The molecule has 1 N–H and O–H groups in total. The minimum Gasteiger partial charge on any atom is -0.477 e. The molecule has 2 rings (SSSR count). The molecule has 1 aromatic carbocycles. The van der Waals surface area contributed by atoms with Gasteiger partial charge in [-0.2, -0.15) is 5.10 Å². The number of rotatable bonds is 16. The van der Waals surface area contributed by atoms with Gasteiger partial charge in [-0.05, 0) is 30.7 Å². The minimum absolute atomic E-state index is 0.261. The molecule has 0 aliphatic heterocycles. The number of carbonyl (C=O) groups is 1. The van der Waals surface area contributed by atoms with Crippen molar-refractivity contribution in [2.24, 2.45) is 11.8 Å². The van der Waals surface area contributed by atoms with Gasteiger partial charge in [-0.1, -0.05) is 96.6 Å². The number of hydrogen-bond acceptors (Lipinski definition) is 3. The summed E-state index contributed by atoms with van der Waals surface area (Å²) in [7, 11) is 0. The Kier molecular flexibility index (Phi) is 11.5. The van der Waals surface area contributed by atoms with Gasteiger partial charge < -0.3 is 5.11 Å². The second-order valence-electron chi connectivity index (χ2n) is 9.10. The Morgan fingerprint density at radius 1 is 0.969 bits per heavy atom. The van der Waals surface area contributed by atoms with Crippen LogP contribution in [0, 0.1) is 11.8 Å². The quantitative estimate of drug-likeness (QED) is 0.306. The molecule has 2 aromatic rings. The lowest BCUT2D eigenvalue weighted by Gasteiger charge is -2.30. The number of benzene rings is 1. The molecule has 5 nitrogen and oxygen atoms in total. The third kappa shape index (κ3) is 8.09. The highest BCUT2D eigenvalue weighted by molar-refractivity contribution is 5.87. The normalized spacial score (nSPS) is 13.4. The Balaban J connectivity index is 2.27. The van der Waals surface area contributed by atoms with Crippen molar-refractivity contribution in [3.05, 3.63) is 42.1 Å². The maximum absolute atomic E-state index is 12.0.